The van der Waals surface area contributed by atoms with Crippen LogP contribution in [0.4, 0.5) is 0 Å². The van der Waals surface area contributed by atoms with Gasteiger partial charge in [-0.1, -0.05) is 18.2 Å². The third-order valence-electron chi connectivity index (χ3n) is 8.35. The Bertz CT molecular complexity index is 1640. The van der Waals surface area contributed by atoms with E-state index in [2.05, 4.69) is 15.6 Å². The lowest BCUT2D eigenvalue weighted by Crippen LogP contribution is -2.59. The van der Waals surface area contributed by atoms with Crippen molar-refractivity contribution in [3.63, 3.8) is 0 Å². The number of nitrogens with one attached hydrogen (secondary N) is 4. The van der Waals surface area contributed by atoms with Gasteiger partial charge in [0.25, 0.3) is 5.56 Å². The van der Waals surface area contributed by atoms with Crippen molar-refractivity contribution in [1.29, 1.82) is 0 Å². The van der Waals surface area contributed by atoms with Crippen LogP contribution in [0.2, 0.25) is 0 Å². The maximum atomic E-state index is 13.4. The fourth-order valence-corrected chi connectivity index (χ4v) is 5.77. The quantitative estimate of drug-likeness (QED) is 0.0957. The van der Waals surface area contributed by atoms with Crippen LogP contribution in [0, 0.1) is 0 Å². The van der Waals surface area contributed by atoms with Crippen LogP contribution in [0.15, 0.2) is 52.3 Å². The van der Waals surface area contributed by atoms with Gasteiger partial charge in [0.1, 0.15) is 48.8 Å². The minimum Gasteiger partial charge on any atom is -0.394 e. The number of aliphatic hydroxyl groups excluding tert-OH is 6. The first-order valence-electron chi connectivity index (χ1n) is 14.7. The maximum absolute atomic E-state index is 13.4. The Morgan fingerprint density at radius 1 is 0.913 bits per heavy atom. The molecule has 2 aliphatic rings. The molecule has 2 aromatic heterocycles. The highest BCUT2D eigenvalue weighted by molar-refractivity contribution is 5.88. The van der Waals surface area contributed by atoms with E-state index < -0.39 is 97.2 Å². The van der Waals surface area contributed by atoms with Gasteiger partial charge in [-0.15, -0.1) is 0 Å². The first kappa shape index (κ1) is 33.4. The highest BCUT2D eigenvalue weighted by Crippen LogP contribution is 2.28. The summed E-state index contributed by atoms with van der Waals surface area (Å²) < 4.78 is 12.0. The lowest BCUT2D eigenvalue weighted by atomic mass is 9.93. The van der Waals surface area contributed by atoms with Gasteiger partial charge in [0.05, 0.1) is 19.1 Å². The van der Waals surface area contributed by atoms with E-state index in [0.717, 1.165) is 33.3 Å². The SMILES string of the molecule is O=C(C[C@H]1O[C@H](CO)[C@H](O)[C@H](O)[C@H]1O)N[C@@H](CCc1c[nH]c2ccccc12)C(=O)NCC1O[C@@H](n2ccc(=O)[nH]c2=O)[C@H](O)[C@@H]1O. The Labute approximate surface area is 260 Å². The van der Waals surface area contributed by atoms with E-state index in [1.165, 1.54) is 0 Å². The zero-order valence-electron chi connectivity index (χ0n) is 24.4. The maximum Gasteiger partial charge on any atom is 0.330 e. The largest absolute Gasteiger partial charge is 0.394 e. The van der Waals surface area contributed by atoms with Crippen molar-refractivity contribution in [3.05, 3.63) is 69.1 Å². The number of rotatable bonds is 11. The summed E-state index contributed by atoms with van der Waals surface area (Å²) in [4.78, 5) is 55.3. The second kappa shape index (κ2) is 14.2. The van der Waals surface area contributed by atoms with E-state index in [1.54, 1.807) is 6.20 Å². The Kier molecular flexibility index (Phi) is 10.3. The molecule has 3 aromatic rings. The van der Waals surface area contributed by atoms with Gasteiger partial charge >= 0.3 is 5.69 Å². The van der Waals surface area contributed by atoms with Gasteiger partial charge in [-0.3, -0.25) is 23.9 Å². The molecule has 2 saturated heterocycles. The molecule has 17 heteroatoms. The molecule has 2 fully saturated rings. The normalized spacial score (nSPS) is 30.3. The minimum absolute atomic E-state index is 0.111. The number of ether oxygens (including phenoxy) is 2. The molecule has 0 radical (unpaired) electrons. The molecule has 10 atom stereocenters. The first-order valence-corrected chi connectivity index (χ1v) is 14.7. The number of hydrogen-bond donors (Lipinski definition) is 10. The summed E-state index contributed by atoms with van der Waals surface area (Å²) in [5.41, 5.74) is 0.230. The van der Waals surface area contributed by atoms with E-state index in [4.69, 9.17) is 9.47 Å². The summed E-state index contributed by atoms with van der Waals surface area (Å²) in [6, 6.07) is 7.43. The molecule has 1 unspecified atom stereocenters. The predicted octanol–water partition coefficient (Wildman–Crippen LogP) is -3.90. The number of aromatic amines is 2. The summed E-state index contributed by atoms with van der Waals surface area (Å²) in [6.45, 7) is -0.988. The molecular weight excluding hydrogens is 610 g/mol. The average Bonchev–Trinajstić information content (AvgIpc) is 3.58. The smallest absolute Gasteiger partial charge is 0.330 e. The second-order valence-corrected chi connectivity index (χ2v) is 11.4. The summed E-state index contributed by atoms with van der Waals surface area (Å²) in [5, 5.41) is 67.1. The number of nitrogens with zero attached hydrogens (tertiary/aromatic N) is 1. The van der Waals surface area contributed by atoms with E-state index in [0.29, 0.717) is 6.42 Å². The molecule has 250 valence electrons. The van der Waals surface area contributed by atoms with Crippen molar-refractivity contribution < 1.29 is 49.7 Å². The van der Waals surface area contributed by atoms with Crippen LogP contribution in [0.25, 0.3) is 10.9 Å². The molecule has 0 aliphatic carbocycles. The number of H-pyrrole nitrogens is 2. The van der Waals surface area contributed by atoms with Gasteiger partial charge in [0.15, 0.2) is 6.23 Å². The van der Waals surface area contributed by atoms with E-state index in [9.17, 15) is 49.8 Å². The van der Waals surface area contributed by atoms with Crippen LogP contribution in [0.1, 0.15) is 24.6 Å². The Hall–Kier alpha value is -3.94. The standard InChI is InChI=1S/C29H37N5O12/c35-12-19-24(40)25(41)22(38)17(45-19)9-21(37)32-16(6-5-13-10-30-15-4-2-1-3-14(13)15)27(43)31-11-18-23(39)26(42)28(46-18)34-8-7-20(36)33-29(34)44/h1-4,7-8,10,16-19,22-26,28,30,35,38-42H,5-6,9,11-12H2,(H,31,43)(H,32,37)(H,33,36,44)/t16-,17+,18?,19+,22-,23+,24-,25+,26+,28+/m0/s1. The molecule has 0 saturated carbocycles. The van der Waals surface area contributed by atoms with Crippen LogP contribution in [0.3, 0.4) is 0 Å². The average molecular weight is 648 g/mol. The van der Waals surface area contributed by atoms with Crippen LogP contribution in [0.5, 0.6) is 0 Å². The summed E-state index contributed by atoms with van der Waals surface area (Å²) >= 11 is 0. The third kappa shape index (κ3) is 7.06. The van der Waals surface area contributed by atoms with Crippen molar-refractivity contribution in [2.45, 2.75) is 80.4 Å². The summed E-state index contributed by atoms with van der Waals surface area (Å²) in [5.74, 6) is -1.40. The Balaban J connectivity index is 1.26. The zero-order chi connectivity index (χ0) is 33.1. The molecule has 0 bridgehead atoms. The predicted molar refractivity (Wildman–Crippen MR) is 157 cm³/mol. The molecule has 10 N–H and O–H groups in total. The second-order valence-electron chi connectivity index (χ2n) is 11.4. The molecule has 46 heavy (non-hydrogen) atoms. The van der Waals surface area contributed by atoms with Gasteiger partial charge in [0.2, 0.25) is 11.8 Å². The molecule has 1 aromatic carbocycles. The van der Waals surface area contributed by atoms with Gasteiger partial charge < -0.3 is 55.7 Å². The molecule has 4 heterocycles. The van der Waals surface area contributed by atoms with E-state index in [1.807, 2.05) is 29.2 Å². The fourth-order valence-electron chi connectivity index (χ4n) is 5.77. The number of aromatic nitrogens is 3. The lowest BCUT2D eigenvalue weighted by molar-refractivity contribution is -0.229. The van der Waals surface area contributed by atoms with Crippen molar-refractivity contribution in [3.8, 4) is 0 Å². The lowest BCUT2D eigenvalue weighted by Gasteiger charge is -2.39. The molecule has 17 nitrogen and oxygen atoms in total. The molecule has 5 rings (SSSR count). The van der Waals surface area contributed by atoms with Crippen LogP contribution in [-0.4, -0.2) is 125 Å². The minimum atomic E-state index is -1.67. The number of fused-ring (bicyclic) bond motifs is 1. The van der Waals surface area contributed by atoms with Crippen molar-refractivity contribution in [2.75, 3.05) is 13.2 Å². The number of carbonyl (C=O) groups is 2. The molecule has 2 amide bonds. The zero-order valence-corrected chi connectivity index (χ0v) is 24.4. The highest BCUT2D eigenvalue weighted by Gasteiger charge is 2.45. The van der Waals surface area contributed by atoms with Crippen LogP contribution >= 0.6 is 0 Å². The molecule has 0 spiro atoms. The van der Waals surface area contributed by atoms with E-state index in [-0.39, 0.29) is 13.0 Å². The Morgan fingerprint density at radius 2 is 1.63 bits per heavy atom. The topological polar surface area (TPSA) is 269 Å². The fraction of sp³-hybridized carbons (Fsp3) is 0.517. The van der Waals surface area contributed by atoms with Crippen LogP contribution in [-0.2, 0) is 25.5 Å². The van der Waals surface area contributed by atoms with Crippen LogP contribution < -0.4 is 21.9 Å². The summed E-state index contributed by atoms with van der Waals surface area (Å²) in [6.07, 6.45) is -10.2. The highest BCUT2D eigenvalue weighted by atomic mass is 16.6. The number of para-hydroxylation sites is 1. The Morgan fingerprint density at radius 3 is 2.37 bits per heavy atom. The summed E-state index contributed by atoms with van der Waals surface area (Å²) in [7, 11) is 0. The van der Waals surface area contributed by atoms with Crippen molar-refractivity contribution in [1.82, 2.24) is 25.2 Å². The van der Waals surface area contributed by atoms with Gasteiger partial charge in [0, 0.05) is 35.9 Å². The number of amides is 2. The van der Waals surface area contributed by atoms with Crippen molar-refractivity contribution >= 4 is 22.7 Å². The number of aryl methyl sites for hydroxylation is 1. The number of aliphatic hydroxyl groups is 6. The van der Waals surface area contributed by atoms with E-state index >= 15 is 0 Å². The van der Waals surface area contributed by atoms with Gasteiger partial charge in [-0.25, -0.2) is 4.79 Å². The molecule has 2 aliphatic heterocycles. The van der Waals surface area contributed by atoms with Gasteiger partial charge in [-0.05, 0) is 24.5 Å². The van der Waals surface area contributed by atoms with Crippen molar-refractivity contribution in [2.24, 2.45) is 0 Å². The number of hydrogen-bond acceptors (Lipinski definition) is 12. The number of benzene rings is 1. The third-order valence-corrected chi connectivity index (χ3v) is 8.35. The first-order chi connectivity index (χ1) is 22.0. The van der Waals surface area contributed by atoms with Gasteiger partial charge in [-0.2, -0.15) is 0 Å². The monoisotopic (exact) mass is 647 g/mol. The molecular formula is C29H37N5O12. The number of carbonyl (C=O) groups excluding carboxylic acids is 2.